The maximum Gasteiger partial charge on any atom is 0.255 e. The average molecular weight is 582 g/mol. The van der Waals surface area contributed by atoms with Crippen LogP contribution in [0.4, 0.5) is 0 Å². The lowest BCUT2D eigenvalue weighted by Crippen LogP contribution is -2.47. The summed E-state index contributed by atoms with van der Waals surface area (Å²) < 4.78 is 0. The molecule has 3 heterocycles. The summed E-state index contributed by atoms with van der Waals surface area (Å²) in [5.74, 6) is 0.485. The minimum atomic E-state index is -0.778. The smallest absolute Gasteiger partial charge is 0.255 e. The second kappa shape index (κ2) is 16.3. The van der Waals surface area contributed by atoms with Gasteiger partial charge in [-0.15, -0.1) is 0 Å². The van der Waals surface area contributed by atoms with Gasteiger partial charge >= 0.3 is 0 Å². The third-order valence-corrected chi connectivity index (χ3v) is 9.79. The first-order chi connectivity index (χ1) is 20.4. The molecule has 1 aromatic carbocycles. The van der Waals surface area contributed by atoms with Crippen molar-refractivity contribution >= 4 is 24.4 Å². The topological polar surface area (TPSA) is 93.3 Å². The van der Waals surface area contributed by atoms with Gasteiger partial charge in [0.05, 0.1) is 5.56 Å². The van der Waals surface area contributed by atoms with E-state index in [1.165, 1.54) is 76.8 Å². The summed E-state index contributed by atoms with van der Waals surface area (Å²) in [5, 5.41) is 2.58. The van der Waals surface area contributed by atoms with E-state index >= 15 is 0 Å². The molecule has 0 radical (unpaired) electrons. The first-order valence-corrected chi connectivity index (χ1v) is 16.1. The maximum absolute atomic E-state index is 13.5. The number of benzene rings is 1. The van der Waals surface area contributed by atoms with Gasteiger partial charge in [0, 0.05) is 45.7 Å². The second-order valence-corrected chi connectivity index (χ2v) is 12.5. The van der Waals surface area contributed by atoms with Crippen molar-refractivity contribution in [2.24, 2.45) is 5.92 Å². The van der Waals surface area contributed by atoms with Crippen LogP contribution < -0.4 is 5.32 Å². The number of aldehydes is 2. The molecule has 3 fully saturated rings. The van der Waals surface area contributed by atoms with Crippen LogP contribution in [0.3, 0.4) is 0 Å². The molecule has 1 atom stereocenters. The predicted molar refractivity (Wildman–Crippen MR) is 165 cm³/mol. The largest absolute Gasteiger partial charge is 0.357 e. The molecule has 0 spiro atoms. The molecule has 232 valence electrons. The van der Waals surface area contributed by atoms with Gasteiger partial charge in [0.1, 0.15) is 12.3 Å². The fourth-order valence-electron chi connectivity index (χ4n) is 7.01. The molecular formula is C33H51N5O4. The molecule has 42 heavy (non-hydrogen) atoms. The zero-order valence-electron chi connectivity index (χ0n) is 25.8. The summed E-state index contributed by atoms with van der Waals surface area (Å²) >= 11 is 0. The third kappa shape index (κ3) is 8.71. The number of carbonyl (C=O) groups excluding carboxylic acids is 4. The number of carbonyl (C=O) groups is 4. The Hall–Kier alpha value is -2.62. The van der Waals surface area contributed by atoms with E-state index in [2.05, 4.69) is 20.0 Å². The van der Waals surface area contributed by atoms with Crippen LogP contribution in [0.1, 0.15) is 90.0 Å². The number of hydrogen-bond donors (Lipinski definition) is 1. The van der Waals surface area contributed by atoms with Gasteiger partial charge in [0.25, 0.3) is 5.91 Å². The van der Waals surface area contributed by atoms with Crippen LogP contribution in [-0.2, 0) is 9.59 Å². The van der Waals surface area contributed by atoms with Crippen molar-refractivity contribution in [3.63, 3.8) is 0 Å². The van der Waals surface area contributed by atoms with E-state index < -0.39 is 6.04 Å². The first kappa shape index (κ1) is 32.3. The molecule has 3 aliphatic heterocycles. The molecule has 1 aromatic rings. The van der Waals surface area contributed by atoms with Crippen LogP contribution in [-0.4, -0.2) is 123 Å². The lowest BCUT2D eigenvalue weighted by Gasteiger charge is -2.38. The summed E-state index contributed by atoms with van der Waals surface area (Å²) in [6.45, 7) is 10.6. The highest BCUT2D eigenvalue weighted by atomic mass is 16.2. The van der Waals surface area contributed by atoms with E-state index in [0.29, 0.717) is 23.3 Å². The zero-order chi connectivity index (χ0) is 29.9. The maximum atomic E-state index is 13.5. The van der Waals surface area contributed by atoms with Gasteiger partial charge in [-0.05, 0) is 108 Å². The molecule has 3 aliphatic rings. The number of rotatable bonds is 13. The number of likely N-dealkylation sites (N-methyl/N-ethyl adjacent to an activating group) is 2. The Labute approximate surface area is 252 Å². The number of likely N-dealkylation sites (tertiary alicyclic amines) is 3. The molecule has 3 saturated heterocycles. The quantitative estimate of drug-likeness (QED) is 0.358. The Morgan fingerprint density at radius 1 is 0.929 bits per heavy atom. The molecule has 0 bridgehead atoms. The van der Waals surface area contributed by atoms with Crippen LogP contribution in [0, 0.1) is 5.92 Å². The molecule has 0 aliphatic carbocycles. The van der Waals surface area contributed by atoms with Crippen molar-refractivity contribution in [3.8, 4) is 0 Å². The van der Waals surface area contributed by atoms with Gasteiger partial charge in [-0.3, -0.25) is 14.4 Å². The van der Waals surface area contributed by atoms with Gasteiger partial charge in [-0.25, -0.2) is 0 Å². The van der Waals surface area contributed by atoms with E-state index in [1.807, 2.05) is 12.1 Å². The molecule has 0 saturated carbocycles. The van der Waals surface area contributed by atoms with Crippen molar-refractivity contribution in [3.05, 3.63) is 34.9 Å². The first-order valence-electron chi connectivity index (χ1n) is 16.1. The summed E-state index contributed by atoms with van der Waals surface area (Å²) in [6.07, 6.45) is 10.7. The third-order valence-electron chi connectivity index (χ3n) is 9.79. The van der Waals surface area contributed by atoms with Crippen LogP contribution in [0.25, 0.3) is 0 Å². The fourth-order valence-corrected chi connectivity index (χ4v) is 7.01. The van der Waals surface area contributed by atoms with E-state index in [0.717, 1.165) is 56.8 Å². The van der Waals surface area contributed by atoms with E-state index in [4.69, 9.17) is 0 Å². The van der Waals surface area contributed by atoms with Gasteiger partial charge < -0.3 is 29.7 Å². The standard InChI is InChI=1S/C33H51N5O4/c1-34-32(41)31(7-6-22-39)35(2)33(42)30-23-28(8-9-29(30)25-40)27-12-18-37(19-13-27)21-20-36-16-10-26(11-17-36)24-38-14-4-3-5-15-38/h8-9,22-23,25-27,31H,3-7,10-21,24H2,1-2H3,(H,34,41). The minimum absolute atomic E-state index is 0.172. The Kier molecular flexibility index (Phi) is 12.5. The average Bonchev–Trinajstić information content (AvgIpc) is 3.04. The molecule has 9 nitrogen and oxygen atoms in total. The van der Waals surface area contributed by atoms with E-state index in [1.54, 1.807) is 13.1 Å². The second-order valence-electron chi connectivity index (χ2n) is 12.5. The van der Waals surface area contributed by atoms with Gasteiger partial charge in [0.15, 0.2) is 6.29 Å². The molecule has 1 unspecified atom stereocenters. The Morgan fingerprint density at radius 3 is 2.17 bits per heavy atom. The lowest BCUT2D eigenvalue weighted by atomic mass is 9.87. The van der Waals surface area contributed by atoms with Crippen molar-refractivity contribution in [2.45, 2.75) is 69.7 Å². The lowest BCUT2D eigenvalue weighted by molar-refractivity contribution is -0.125. The van der Waals surface area contributed by atoms with Gasteiger partial charge in [-0.1, -0.05) is 18.6 Å². The SMILES string of the molecule is CNC(=O)C(CCC=O)N(C)C(=O)c1cc(C2CCN(CCN3CCC(CN4CCCCC4)CC3)CC2)ccc1C=O. The molecular weight excluding hydrogens is 530 g/mol. The normalized spacial score (nSPS) is 20.6. The summed E-state index contributed by atoms with van der Waals surface area (Å²) in [4.78, 5) is 57.9. The summed E-state index contributed by atoms with van der Waals surface area (Å²) in [5.41, 5.74) is 1.70. The Balaban J connectivity index is 1.26. The van der Waals surface area contributed by atoms with Crippen LogP contribution >= 0.6 is 0 Å². The number of hydrogen-bond acceptors (Lipinski definition) is 7. The molecule has 2 amide bonds. The highest BCUT2D eigenvalue weighted by Gasteiger charge is 2.29. The predicted octanol–water partition coefficient (Wildman–Crippen LogP) is 3.04. The van der Waals surface area contributed by atoms with E-state index in [-0.39, 0.29) is 24.7 Å². The van der Waals surface area contributed by atoms with Crippen molar-refractivity contribution in [1.29, 1.82) is 0 Å². The van der Waals surface area contributed by atoms with Crippen LogP contribution in [0.15, 0.2) is 18.2 Å². The van der Waals surface area contributed by atoms with Crippen molar-refractivity contribution in [1.82, 2.24) is 24.9 Å². The molecule has 4 rings (SSSR count). The zero-order valence-corrected chi connectivity index (χ0v) is 25.8. The molecule has 1 N–H and O–H groups in total. The molecule has 0 aromatic heterocycles. The van der Waals surface area contributed by atoms with Crippen LogP contribution in [0.5, 0.6) is 0 Å². The minimum Gasteiger partial charge on any atom is -0.357 e. The number of nitrogens with one attached hydrogen (secondary N) is 1. The highest BCUT2D eigenvalue weighted by molar-refractivity contribution is 6.03. The Bertz CT molecular complexity index is 1040. The summed E-state index contributed by atoms with van der Waals surface area (Å²) in [6, 6.07) is 4.76. The van der Waals surface area contributed by atoms with Crippen LogP contribution in [0.2, 0.25) is 0 Å². The Morgan fingerprint density at radius 2 is 1.57 bits per heavy atom. The monoisotopic (exact) mass is 581 g/mol. The number of amides is 2. The van der Waals surface area contributed by atoms with Crippen molar-refractivity contribution in [2.75, 3.05) is 73.0 Å². The molecule has 9 heteroatoms. The summed E-state index contributed by atoms with van der Waals surface area (Å²) in [7, 11) is 3.07. The number of piperidine rings is 3. The fraction of sp³-hybridized carbons (Fsp3) is 0.697. The van der Waals surface area contributed by atoms with Gasteiger partial charge in [-0.2, -0.15) is 0 Å². The van der Waals surface area contributed by atoms with E-state index in [9.17, 15) is 19.2 Å². The van der Waals surface area contributed by atoms with Crippen molar-refractivity contribution < 1.29 is 19.2 Å². The highest BCUT2D eigenvalue weighted by Crippen LogP contribution is 2.30. The van der Waals surface area contributed by atoms with Gasteiger partial charge in [0.2, 0.25) is 5.91 Å². The number of nitrogens with zero attached hydrogens (tertiary/aromatic N) is 4.